The van der Waals surface area contributed by atoms with Gasteiger partial charge in [-0.3, -0.25) is 4.90 Å². The van der Waals surface area contributed by atoms with Gasteiger partial charge in [0.2, 0.25) is 0 Å². The van der Waals surface area contributed by atoms with E-state index in [1.165, 1.54) is 70.3 Å². The summed E-state index contributed by atoms with van der Waals surface area (Å²) in [6.45, 7) is 7.16. The summed E-state index contributed by atoms with van der Waals surface area (Å²) in [5.74, 6) is 0.900. The van der Waals surface area contributed by atoms with Crippen molar-refractivity contribution in [1.29, 1.82) is 0 Å². The summed E-state index contributed by atoms with van der Waals surface area (Å²) in [6.07, 6.45) is 3.85. The summed E-state index contributed by atoms with van der Waals surface area (Å²) in [4.78, 5) is 7.35. The SMILES string of the molecule is FC(F)(F)c1cccc(N2CCN([C@@H]3CCCN(CC4CCCC4)C3)CC2)c1. The fraction of sp³-hybridized carbons (Fsp3) is 0.727. The van der Waals surface area contributed by atoms with E-state index in [0.29, 0.717) is 11.7 Å². The Hall–Kier alpha value is -1.27. The lowest BCUT2D eigenvalue weighted by Crippen LogP contribution is -2.55. The van der Waals surface area contributed by atoms with Gasteiger partial charge < -0.3 is 9.80 Å². The minimum atomic E-state index is -4.28. The lowest BCUT2D eigenvalue weighted by atomic mass is 10.0. The molecular formula is C22H32F3N3. The topological polar surface area (TPSA) is 9.72 Å². The van der Waals surface area contributed by atoms with Crippen molar-refractivity contribution in [3.05, 3.63) is 29.8 Å². The van der Waals surface area contributed by atoms with Gasteiger partial charge in [0.25, 0.3) is 0 Å². The molecule has 3 nitrogen and oxygen atoms in total. The van der Waals surface area contributed by atoms with Crippen molar-refractivity contribution in [2.24, 2.45) is 5.92 Å². The molecule has 4 rings (SSSR count). The monoisotopic (exact) mass is 395 g/mol. The van der Waals surface area contributed by atoms with E-state index >= 15 is 0 Å². The summed E-state index contributed by atoms with van der Waals surface area (Å²) >= 11 is 0. The van der Waals surface area contributed by atoms with E-state index in [1.54, 1.807) is 6.07 Å². The largest absolute Gasteiger partial charge is 0.416 e. The predicted octanol–water partition coefficient (Wildman–Crippen LogP) is 4.48. The van der Waals surface area contributed by atoms with Gasteiger partial charge in [0.1, 0.15) is 0 Å². The van der Waals surface area contributed by atoms with Gasteiger partial charge in [0.15, 0.2) is 0 Å². The molecule has 1 aromatic rings. The molecule has 0 aromatic heterocycles. The summed E-state index contributed by atoms with van der Waals surface area (Å²) in [7, 11) is 0. The van der Waals surface area contributed by atoms with Crippen LogP contribution in [-0.2, 0) is 6.18 Å². The number of piperazine rings is 1. The van der Waals surface area contributed by atoms with Crippen LogP contribution in [-0.4, -0.2) is 61.7 Å². The number of rotatable bonds is 4. The average Bonchev–Trinajstić information content (AvgIpc) is 3.21. The molecule has 3 aliphatic rings. The number of benzene rings is 1. The van der Waals surface area contributed by atoms with E-state index in [4.69, 9.17) is 0 Å². The van der Waals surface area contributed by atoms with Crippen molar-refractivity contribution < 1.29 is 13.2 Å². The van der Waals surface area contributed by atoms with Crippen LogP contribution in [0.2, 0.25) is 0 Å². The smallest absolute Gasteiger partial charge is 0.369 e. The van der Waals surface area contributed by atoms with E-state index in [2.05, 4.69) is 14.7 Å². The van der Waals surface area contributed by atoms with E-state index < -0.39 is 11.7 Å². The van der Waals surface area contributed by atoms with Crippen molar-refractivity contribution >= 4 is 5.69 Å². The number of hydrogen-bond acceptors (Lipinski definition) is 3. The number of nitrogens with zero attached hydrogens (tertiary/aromatic N) is 3. The fourth-order valence-corrected chi connectivity index (χ4v) is 5.28. The highest BCUT2D eigenvalue weighted by atomic mass is 19.4. The lowest BCUT2D eigenvalue weighted by molar-refractivity contribution is -0.137. The van der Waals surface area contributed by atoms with Crippen LogP contribution in [0.15, 0.2) is 24.3 Å². The molecule has 2 aliphatic heterocycles. The fourth-order valence-electron chi connectivity index (χ4n) is 5.28. The molecule has 0 spiro atoms. The van der Waals surface area contributed by atoms with Crippen molar-refractivity contribution in [2.75, 3.05) is 50.7 Å². The zero-order valence-electron chi connectivity index (χ0n) is 16.6. The Labute approximate surface area is 166 Å². The number of piperidine rings is 1. The molecule has 0 unspecified atom stereocenters. The summed E-state index contributed by atoms with van der Waals surface area (Å²) in [5, 5.41) is 0. The van der Waals surface area contributed by atoms with Crippen molar-refractivity contribution in [1.82, 2.24) is 9.80 Å². The molecular weight excluding hydrogens is 363 g/mol. The summed E-state index contributed by atoms with van der Waals surface area (Å²) in [5.41, 5.74) is 0.142. The third-order valence-corrected chi connectivity index (χ3v) is 6.84. The second-order valence-corrected chi connectivity index (χ2v) is 8.78. The maximum Gasteiger partial charge on any atom is 0.416 e. The highest BCUT2D eigenvalue weighted by Crippen LogP contribution is 2.32. The molecule has 2 saturated heterocycles. The van der Waals surface area contributed by atoms with Crippen molar-refractivity contribution in [3.63, 3.8) is 0 Å². The van der Waals surface area contributed by atoms with Crippen LogP contribution in [0.1, 0.15) is 44.1 Å². The average molecular weight is 396 g/mol. The Bertz CT molecular complexity index is 634. The van der Waals surface area contributed by atoms with E-state index in [-0.39, 0.29) is 0 Å². The molecule has 0 radical (unpaired) electrons. The van der Waals surface area contributed by atoms with Gasteiger partial charge in [0, 0.05) is 51.0 Å². The van der Waals surface area contributed by atoms with Crippen molar-refractivity contribution in [3.8, 4) is 0 Å². The van der Waals surface area contributed by atoms with E-state index in [0.717, 1.165) is 38.2 Å². The third-order valence-electron chi connectivity index (χ3n) is 6.84. The third kappa shape index (κ3) is 4.82. The first-order chi connectivity index (χ1) is 13.5. The van der Waals surface area contributed by atoms with Gasteiger partial charge in [-0.1, -0.05) is 18.9 Å². The number of anilines is 1. The summed E-state index contributed by atoms with van der Waals surface area (Å²) in [6, 6.07) is 6.38. The molecule has 1 aromatic carbocycles. The van der Waals surface area contributed by atoms with Crippen LogP contribution in [0.3, 0.4) is 0 Å². The Morgan fingerprint density at radius 3 is 2.36 bits per heavy atom. The minimum Gasteiger partial charge on any atom is -0.369 e. The van der Waals surface area contributed by atoms with Crippen LogP contribution in [0.4, 0.5) is 18.9 Å². The minimum absolute atomic E-state index is 0.553. The first-order valence-corrected chi connectivity index (χ1v) is 10.9. The van der Waals surface area contributed by atoms with Gasteiger partial charge in [0.05, 0.1) is 5.56 Å². The van der Waals surface area contributed by atoms with Crippen LogP contribution < -0.4 is 4.90 Å². The standard InChI is InChI=1S/C22H32F3N3/c23-22(24,25)19-7-3-8-20(15-19)27-11-13-28(14-12-27)21-9-4-10-26(17-21)16-18-5-1-2-6-18/h3,7-8,15,18,21H,1-2,4-6,9-14,16-17H2/t21-/m1/s1. The van der Waals surface area contributed by atoms with E-state index in [9.17, 15) is 13.2 Å². The molecule has 6 heteroatoms. The maximum atomic E-state index is 13.0. The highest BCUT2D eigenvalue weighted by Gasteiger charge is 2.32. The first-order valence-electron chi connectivity index (χ1n) is 10.9. The molecule has 28 heavy (non-hydrogen) atoms. The first kappa shape index (κ1) is 20.0. The summed E-state index contributed by atoms with van der Waals surface area (Å²) < 4.78 is 39.0. The molecule has 1 aliphatic carbocycles. The molecule has 0 N–H and O–H groups in total. The molecule has 2 heterocycles. The molecule has 1 saturated carbocycles. The predicted molar refractivity (Wildman–Crippen MR) is 107 cm³/mol. The lowest BCUT2D eigenvalue weighted by Gasteiger charge is -2.44. The van der Waals surface area contributed by atoms with Crippen LogP contribution in [0.25, 0.3) is 0 Å². The molecule has 0 amide bonds. The Morgan fingerprint density at radius 2 is 1.64 bits per heavy atom. The number of likely N-dealkylation sites (tertiary alicyclic amines) is 1. The zero-order chi connectivity index (χ0) is 19.6. The zero-order valence-corrected chi connectivity index (χ0v) is 16.6. The molecule has 0 bridgehead atoms. The molecule has 3 fully saturated rings. The highest BCUT2D eigenvalue weighted by molar-refractivity contribution is 5.49. The molecule has 156 valence electrons. The van der Waals surface area contributed by atoms with Gasteiger partial charge in [-0.25, -0.2) is 0 Å². The Balaban J connectivity index is 1.30. The quantitative estimate of drug-likeness (QED) is 0.744. The van der Waals surface area contributed by atoms with Gasteiger partial charge in [-0.2, -0.15) is 13.2 Å². The number of alkyl halides is 3. The Kier molecular flexibility index (Phi) is 6.16. The molecule has 1 atom stereocenters. The maximum absolute atomic E-state index is 13.0. The van der Waals surface area contributed by atoms with Gasteiger partial charge in [-0.15, -0.1) is 0 Å². The van der Waals surface area contributed by atoms with Gasteiger partial charge >= 0.3 is 6.18 Å². The second kappa shape index (κ2) is 8.62. The number of halogens is 3. The van der Waals surface area contributed by atoms with E-state index in [1.807, 2.05) is 0 Å². The second-order valence-electron chi connectivity index (χ2n) is 8.78. The van der Waals surface area contributed by atoms with Gasteiger partial charge in [-0.05, 0) is 56.3 Å². The normalized spacial score (nSPS) is 26.1. The Morgan fingerprint density at radius 1 is 0.893 bits per heavy atom. The number of hydrogen-bond donors (Lipinski definition) is 0. The van der Waals surface area contributed by atoms with Crippen molar-refractivity contribution in [2.45, 2.75) is 50.7 Å². The van der Waals surface area contributed by atoms with Crippen LogP contribution in [0, 0.1) is 5.92 Å². The van der Waals surface area contributed by atoms with Crippen LogP contribution in [0.5, 0.6) is 0 Å². The van der Waals surface area contributed by atoms with Crippen LogP contribution >= 0.6 is 0 Å².